The van der Waals surface area contributed by atoms with Crippen molar-refractivity contribution in [2.45, 2.75) is 13.3 Å². The first-order valence-electron chi connectivity index (χ1n) is 9.13. The van der Waals surface area contributed by atoms with Gasteiger partial charge in [0.15, 0.2) is 11.5 Å². The normalized spacial score (nSPS) is 10.4. The number of carbonyl (C=O) groups is 2. The zero-order valence-electron chi connectivity index (χ0n) is 16.7. The van der Waals surface area contributed by atoms with Crippen LogP contribution in [0.25, 0.3) is 0 Å². The highest BCUT2D eigenvalue weighted by atomic mass is 16.5. The highest BCUT2D eigenvalue weighted by Gasteiger charge is 2.09. The molecular weight excluding hydrogens is 374 g/mol. The van der Waals surface area contributed by atoms with Crippen molar-refractivity contribution in [3.05, 3.63) is 53.6 Å². The SMILES string of the molecule is CCCOc1ccc(C(=O)NCC(=O)N/N=C\c2cccc(OC)c2OC)cc1. The third-order valence-electron chi connectivity index (χ3n) is 3.83. The van der Waals surface area contributed by atoms with Gasteiger partial charge in [-0.3, -0.25) is 9.59 Å². The Morgan fingerprint density at radius 1 is 1.07 bits per heavy atom. The molecule has 0 bridgehead atoms. The van der Waals surface area contributed by atoms with E-state index in [9.17, 15) is 9.59 Å². The first kappa shape index (κ1) is 21.7. The Hall–Kier alpha value is -3.55. The van der Waals surface area contributed by atoms with Crippen molar-refractivity contribution in [3.63, 3.8) is 0 Å². The number of para-hydroxylation sites is 1. The highest BCUT2D eigenvalue weighted by Crippen LogP contribution is 2.29. The first-order chi connectivity index (χ1) is 14.1. The number of methoxy groups -OCH3 is 2. The maximum absolute atomic E-state index is 12.1. The Balaban J connectivity index is 1.84. The molecule has 29 heavy (non-hydrogen) atoms. The molecule has 2 amide bonds. The topological polar surface area (TPSA) is 98.2 Å². The summed E-state index contributed by atoms with van der Waals surface area (Å²) in [4.78, 5) is 24.0. The summed E-state index contributed by atoms with van der Waals surface area (Å²) in [7, 11) is 3.06. The van der Waals surface area contributed by atoms with Crippen LogP contribution in [0.2, 0.25) is 0 Å². The van der Waals surface area contributed by atoms with Gasteiger partial charge in [-0.25, -0.2) is 5.43 Å². The molecule has 8 heteroatoms. The quantitative estimate of drug-likeness (QED) is 0.472. The molecule has 154 valence electrons. The van der Waals surface area contributed by atoms with Crippen molar-refractivity contribution >= 4 is 18.0 Å². The Kier molecular flexibility index (Phi) is 8.50. The van der Waals surface area contributed by atoms with E-state index in [1.807, 2.05) is 6.92 Å². The number of rotatable bonds is 10. The number of amides is 2. The minimum atomic E-state index is -0.459. The number of carbonyl (C=O) groups excluding carboxylic acids is 2. The molecule has 0 aliphatic rings. The minimum Gasteiger partial charge on any atom is -0.494 e. The Bertz CT molecular complexity index is 850. The van der Waals surface area contributed by atoms with Gasteiger partial charge < -0.3 is 19.5 Å². The second-order valence-electron chi connectivity index (χ2n) is 5.93. The Labute approximate surface area is 169 Å². The predicted molar refractivity (Wildman–Crippen MR) is 110 cm³/mol. The van der Waals surface area contributed by atoms with Crippen LogP contribution in [0.5, 0.6) is 17.2 Å². The van der Waals surface area contributed by atoms with E-state index in [1.165, 1.54) is 20.4 Å². The Morgan fingerprint density at radius 2 is 1.83 bits per heavy atom. The molecule has 0 aliphatic carbocycles. The van der Waals surface area contributed by atoms with Gasteiger partial charge >= 0.3 is 0 Å². The lowest BCUT2D eigenvalue weighted by Crippen LogP contribution is -2.34. The van der Waals surface area contributed by atoms with Gasteiger partial charge in [0.05, 0.1) is 33.6 Å². The highest BCUT2D eigenvalue weighted by molar-refractivity contribution is 5.96. The Morgan fingerprint density at radius 3 is 2.48 bits per heavy atom. The number of ether oxygens (including phenoxy) is 3. The summed E-state index contributed by atoms with van der Waals surface area (Å²) >= 11 is 0. The third kappa shape index (κ3) is 6.53. The van der Waals surface area contributed by atoms with Crippen LogP contribution in [0.15, 0.2) is 47.6 Å². The van der Waals surface area contributed by atoms with Crippen LogP contribution >= 0.6 is 0 Å². The van der Waals surface area contributed by atoms with Gasteiger partial charge in [0.25, 0.3) is 11.8 Å². The van der Waals surface area contributed by atoms with Crippen molar-refractivity contribution in [2.24, 2.45) is 5.10 Å². The molecule has 2 aromatic rings. The molecule has 0 atom stereocenters. The van der Waals surface area contributed by atoms with Crippen molar-refractivity contribution in [3.8, 4) is 17.2 Å². The molecule has 0 radical (unpaired) electrons. The molecule has 0 aliphatic heterocycles. The summed E-state index contributed by atoms with van der Waals surface area (Å²) in [6.45, 7) is 2.43. The van der Waals surface area contributed by atoms with Crippen LogP contribution < -0.4 is 25.0 Å². The average Bonchev–Trinajstić information content (AvgIpc) is 2.76. The summed E-state index contributed by atoms with van der Waals surface area (Å²) in [6, 6.07) is 12.0. The third-order valence-corrected chi connectivity index (χ3v) is 3.83. The van der Waals surface area contributed by atoms with Crippen molar-refractivity contribution in [1.82, 2.24) is 10.7 Å². The summed E-state index contributed by atoms with van der Waals surface area (Å²) in [5.41, 5.74) is 3.44. The van der Waals surface area contributed by atoms with E-state index >= 15 is 0 Å². The molecule has 2 N–H and O–H groups in total. The van der Waals surface area contributed by atoms with Crippen LogP contribution in [0.4, 0.5) is 0 Å². The molecule has 2 aromatic carbocycles. The van der Waals surface area contributed by atoms with E-state index in [-0.39, 0.29) is 12.5 Å². The molecule has 0 heterocycles. The molecule has 8 nitrogen and oxygen atoms in total. The van der Waals surface area contributed by atoms with E-state index in [0.717, 1.165) is 6.42 Å². The average molecular weight is 399 g/mol. The van der Waals surface area contributed by atoms with Gasteiger partial charge in [0.1, 0.15) is 5.75 Å². The molecule has 0 saturated carbocycles. The van der Waals surface area contributed by atoms with Crippen LogP contribution in [0, 0.1) is 0 Å². The molecule has 0 saturated heterocycles. The smallest absolute Gasteiger partial charge is 0.259 e. The maximum Gasteiger partial charge on any atom is 0.259 e. The predicted octanol–water partition coefficient (Wildman–Crippen LogP) is 2.37. The largest absolute Gasteiger partial charge is 0.494 e. The zero-order valence-corrected chi connectivity index (χ0v) is 16.7. The van der Waals surface area contributed by atoms with Crippen molar-refractivity contribution < 1.29 is 23.8 Å². The first-order valence-corrected chi connectivity index (χ1v) is 9.13. The van der Waals surface area contributed by atoms with E-state index in [0.29, 0.717) is 35.0 Å². The number of nitrogens with one attached hydrogen (secondary N) is 2. The second-order valence-corrected chi connectivity index (χ2v) is 5.93. The van der Waals surface area contributed by atoms with E-state index in [4.69, 9.17) is 14.2 Å². The fourth-order valence-corrected chi connectivity index (χ4v) is 2.41. The van der Waals surface area contributed by atoms with Gasteiger partial charge in [-0.1, -0.05) is 13.0 Å². The van der Waals surface area contributed by atoms with Gasteiger partial charge in [-0.2, -0.15) is 5.10 Å². The summed E-state index contributed by atoms with van der Waals surface area (Å²) in [6.07, 6.45) is 2.35. The number of hydrogen-bond acceptors (Lipinski definition) is 6. The number of hydrogen-bond donors (Lipinski definition) is 2. The van der Waals surface area contributed by atoms with Crippen molar-refractivity contribution in [2.75, 3.05) is 27.4 Å². The van der Waals surface area contributed by atoms with Crippen LogP contribution in [-0.2, 0) is 4.79 Å². The zero-order chi connectivity index (χ0) is 21.1. The lowest BCUT2D eigenvalue weighted by molar-refractivity contribution is -0.120. The van der Waals surface area contributed by atoms with Crippen molar-refractivity contribution in [1.29, 1.82) is 0 Å². The number of hydrazone groups is 1. The standard InChI is InChI=1S/C21H25N3O5/c1-4-12-29-17-10-8-15(9-11-17)21(26)22-14-19(25)24-23-13-16-6-5-7-18(27-2)20(16)28-3/h5-11,13H,4,12,14H2,1-3H3,(H,22,26)(H,24,25)/b23-13-. The summed E-state index contributed by atoms with van der Waals surface area (Å²) in [5.74, 6) is 0.942. The monoisotopic (exact) mass is 399 g/mol. The van der Waals surface area contributed by atoms with E-state index < -0.39 is 5.91 Å². The molecule has 0 unspecified atom stereocenters. The van der Waals surface area contributed by atoms with Crippen LogP contribution in [-0.4, -0.2) is 45.4 Å². The minimum absolute atomic E-state index is 0.209. The summed E-state index contributed by atoms with van der Waals surface area (Å²) < 4.78 is 16.0. The van der Waals surface area contributed by atoms with Gasteiger partial charge in [0.2, 0.25) is 0 Å². The second kappa shape index (κ2) is 11.3. The van der Waals surface area contributed by atoms with Crippen LogP contribution in [0.1, 0.15) is 29.3 Å². The van der Waals surface area contributed by atoms with Crippen LogP contribution in [0.3, 0.4) is 0 Å². The summed E-state index contributed by atoms with van der Waals surface area (Å²) in [5, 5.41) is 6.43. The molecule has 2 rings (SSSR count). The van der Waals surface area contributed by atoms with E-state index in [2.05, 4.69) is 15.8 Å². The number of benzene rings is 2. The fraction of sp³-hybridized carbons (Fsp3) is 0.286. The molecule has 0 aromatic heterocycles. The van der Waals surface area contributed by atoms with Gasteiger partial charge in [0, 0.05) is 11.1 Å². The van der Waals surface area contributed by atoms with Gasteiger partial charge in [-0.05, 0) is 42.8 Å². The molecular formula is C21H25N3O5. The molecule has 0 fully saturated rings. The fourth-order valence-electron chi connectivity index (χ4n) is 2.41. The lowest BCUT2D eigenvalue weighted by atomic mass is 10.2. The molecule has 0 spiro atoms. The maximum atomic E-state index is 12.1. The number of nitrogens with zero attached hydrogens (tertiary/aromatic N) is 1. The lowest BCUT2D eigenvalue weighted by Gasteiger charge is -2.09. The van der Waals surface area contributed by atoms with E-state index in [1.54, 1.807) is 42.5 Å². The van der Waals surface area contributed by atoms with Gasteiger partial charge in [-0.15, -0.1) is 0 Å².